The summed E-state index contributed by atoms with van der Waals surface area (Å²) in [7, 11) is 0. The second-order valence-electron chi connectivity index (χ2n) is 6.71. The van der Waals surface area contributed by atoms with Gasteiger partial charge in [-0.2, -0.15) is 5.26 Å². The first-order valence-electron chi connectivity index (χ1n) is 7.81. The van der Waals surface area contributed by atoms with Crippen molar-refractivity contribution in [3.63, 3.8) is 0 Å². The Morgan fingerprint density at radius 1 is 1.33 bits per heavy atom. The van der Waals surface area contributed by atoms with Crippen molar-refractivity contribution in [2.45, 2.75) is 57.0 Å². The van der Waals surface area contributed by atoms with Gasteiger partial charge in [0, 0.05) is 6.04 Å². The lowest BCUT2D eigenvalue weighted by Gasteiger charge is -2.34. The monoisotopic (exact) mass is 290 g/mol. The summed E-state index contributed by atoms with van der Waals surface area (Å²) in [6.45, 7) is 2.71. The number of amides is 3. The van der Waals surface area contributed by atoms with Gasteiger partial charge in [0.2, 0.25) is 0 Å². The molecule has 3 fully saturated rings. The summed E-state index contributed by atoms with van der Waals surface area (Å²) in [6.07, 6.45) is 5.52. The molecule has 3 aliphatic rings. The van der Waals surface area contributed by atoms with Gasteiger partial charge >= 0.3 is 6.03 Å². The van der Waals surface area contributed by atoms with Gasteiger partial charge in [0.25, 0.3) is 5.91 Å². The van der Waals surface area contributed by atoms with Gasteiger partial charge in [-0.25, -0.2) is 9.69 Å². The van der Waals surface area contributed by atoms with Crippen molar-refractivity contribution in [1.82, 2.24) is 15.1 Å². The number of nitriles is 1. The minimum absolute atomic E-state index is 0.0945. The van der Waals surface area contributed by atoms with Gasteiger partial charge in [0.05, 0.1) is 19.3 Å². The fourth-order valence-corrected chi connectivity index (χ4v) is 3.41. The summed E-state index contributed by atoms with van der Waals surface area (Å²) < 4.78 is 0. The van der Waals surface area contributed by atoms with E-state index >= 15 is 0 Å². The molecule has 0 aromatic carbocycles. The number of nitrogens with one attached hydrogen (secondary N) is 1. The predicted molar refractivity (Wildman–Crippen MR) is 75.9 cm³/mol. The van der Waals surface area contributed by atoms with Crippen LogP contribution in [0.25, 0.3) is 0 Å². The van der Waals surface area contributed by atoms with Crippen LogP contribution in [-0.4, -0.2) is 46.5 Å². The molecular weight excluding hydrogens is 268 g/mol. The van der Waals surface area contributed by atoms with E-state index < -0.39 is 5.54 Å². The van der Waals surface area contributed by atoms with Crippen molar-refractivity contribution < 1.29 is 9.59 Å². The third kappa shape index (κ3) is 2.62. The lowest BCUT2D eigenvalue weighted by atomic mass is 9.77. The van der Waals surface area contributed by atoms with Crippen LogP contribution in [0.3, 0.4) is 0 Å². The molecule has 0 bridgehead atoms. The van der Waals surface area contributed by atoms with Crippen LogP contribution in [-0.2, 0) is 4.79 Å². The van der Waals surface area contributed by atoms with Crippen LogP contribution in [0.2, 0.25) is 0 Å². The van der Waals surface area contributed by atoms with Gasteiger partial charge in [-0.05, 0) is 44.4 Å². The quantitative estimate of drug-likeness (QED) is 0.628. The van der Waals surface area contributed by atoms with Crippen LogP contribution in [0.5, 0.6) is 0 Å². The number of carbonyl (C=O) groups excluding carboxylic acids is 2. The van der Waals surface area contributed by atoms with Crippen molar-refractivity contribution in [1.29, 1.82) is 5.26 Å². The van der Waals surface area contributed by atoms with E-state index in [1.807, 2.05) is 4.90 Å². The molecule has 2 aliphatic carbocycles. The van der Waals surface area contributed by atoms with Crippen molar-refractivity contribution in [2.75, 3.05) is 13.2 Å². The Morgan fingerprint density at radius 3 is 2.57 bits per heavy atom. The molecule has 1 saturated heterocycles. The van der Waals surface area contributed by atoms with Gasteiger partial charge in [-0.15, -0.1) is 0 Å². The minimum atomic E-state index is -0.675. The summed E-state index contributed by atoms with van der Waals surface area (Å²) in [6, 6.07) is 2.19. The van der Waals surface area contributed by atoms with Gasteiger partial charge in [0.15, 0.2) is 0 Å². The molecule has 114 valence electrons. The molecular formula is C15H22N4O2. The van der Waals surface area contributed by atoms with E-state index in [0.29, 0.717) is 12.0 Å². The normalized spacial score (nSPS) is 32.6. The van der Waals surface area contributed by atoms with Gasteiger partial charge < -0.3 is 5.32 Å². The highest BCUT2D eigenvalue weighted by Gasteiger charge is 2.52. The van der Waals surface area contributed by atoms with E-state index in [1.165, 1.54) is 4.90 Å². The average Bonchev–Trinajstić information content (AvgIpc) is 3.26. The number of nitrogens with zero attached hydrogens (tertiary/aromatic N) is 3. The molecule has 0 aromatic heterocycles. The minimum Gasteiger partial charge on any atom is -0.323 e. The molecule has 0 unspecified atom stereocenters. The SMILES string of the molecule is CC1CCC2(CC1)NC(=O)N(CN(CC#N)C1CC1)C2=O. The van der Waals surface area contributed by atoms with E-state index in [1.54, 1.807) is 0 Å². The number of rotatable bonds is 4. The van der Waals surface area contributed by atoms with Crippen molar-refractivity contribution >= 4 is 11.9 Å². The molecule has 0 aromatic rings. The molecule has 3 amide bonds. The molecule has 0 radical (unpaired) electrons. The van der Waals surface area contributed by atoms with E-state index in [0.717, 1.165) is 38.5 Å². The topological polar surface area (TPSA) is 76.4 Å². The summed E-state index contributed by atoms with van der Waals surface area (Å²) in [5.41, 5.74) is -0.675. The first-order valence-corrected chi connectivity index (χ1v) is 7.81. The zero-order chi connectivity index (χ0) is 15.0. The van der Waals surface area contributed by atoms with Crippen LogP contribution >= 0.6 is 0 Å². The van der Waals surface area contributed by atoms with Crippen molar-refractivity contribution in [3.8, 4) is 6.07 Å². The average molecular weight is 290 g/mol. The number of hydrogen-bond acceptors (Lipinski definition) is 4. The Morgan fingerprint density at radius 2 is 2.00 bits per heavy atom. The number of hydrogen-bond donors (Lipinski definition) is 1. The number of carbonyl (C=O) groups is 2. The maximum Gasteiger partial charge on any atom is 0.326 e. The highest BCUT2D eigenvalue weighted by Crippen LogP contribution is 2.37. The Labute approximate surface area is 125 Å². The van der Waals surface area contributed by atoms with Gasteiger partial charge in [-0.3, -0.25) is 9.69 Å². The summed E-state index contributed by atoms with van der Waals surface area (Å²) >= 11 is 0. The molecule has 1 N–H and O–H groups in total. The third-order valence-corrected chi connectivity index (χ3v) is 5.03. The Hall–Kier alpha value is -1.61. The van der Waals surface area contributed by atoms with E-state index in [-0.39, 0.29) is 25.2 Å². The van der Waals surface area contributed by atoms with E-state index in [2.05, 4.69) is 18.3 Å². The predicted octanol–water partition coefficient (Wildman–Crippen LogP) is 1.43. The smallest absolute Gasteiger partial charge is 0.323 e. The number of imide groups is 1. The highest BCUT2D eigenvalue weighted by atomic mass is 16.2. The maximum absolute atomic E-state index is 12.7. The summed E-state index contributed by atoms with van der Waals surface area (Å²) in [5, 5.41) is 11.8. The van der Waals surface area contributed by atoms with Crippen LogP contribution in [0.15, 0.2) is 0 Å². The zero-order valence-corrected chi connectivity index (χ0v) is 12.5. The van der Waals surface area contributed by atoms with E-state index in [9.17, 15) is 9.59 Å². The maximum atomic E-state index is 12.7. The van der Waals surface area contributed by atoms with Gasteiger partial charge in [0.1, 0.15) is 5.54 Å². The molecule has 2 saturated carbocycles. The highest BCUT2D eigenvalue weighted by molar-refractivity contribution is 6.07. The van der Waals surface area contributed by atoms with Crippen molar-refractivity contribution in [2.24, 2.45) is 5.92 Å². The Kier molecular flexibility index (Phi) is 3.62. The lowest BCUT2D eigenvalue weighted by molar-refractivity contribution is -0.134. The fourth-order valence-electron chi connectivity index (χ4n) is 3.41. The largest absolute Gasteiger partial charge is 0.326 e. The molecule has 0 atom stereocenters. The lowest BCUT2D eigenvalue weighted by Crippen LogP contribution is -2.50. The molecule has 1 heterocycles. The standard InChI is InChI=1S/C15H22N4O2/c1-11-4-6-15(7-5-11)13(20)19(14(21)17-15)10-18(9-8-16)12-2-3-12/h11-12H,2-7,9-10H2,1H3,(H,17,21). The Bertz CT molecular complexity index is 486. The molecule has 21 heavy (non-hydrogen) atoms. The zero-order valence-electron chi connectivity index (χ0n) is 12.5. The molecule has 6 heteroatoms. The Balaban J connectivity index is 1.70. The first-order chi connectivity index (χ1) is 10.1. The summed E-state index contributed by atoms with van der Waals surface area (Å²) in [5.74, 6) is 0.527. The molecule has 1 aliphatic heterocycles. The van der Waals surface area contributed by atoms with Crippen LogP contribution in [0.4, 0.5) is 4.79 Å². The van der Waals surface area contributed by atoms with Crippen LogP contribution in [0.1, 0.15) is 45.4 Å². The molecule has 3 rings (SSSR count). The fraction of sp³-hybridized carbons (Fsp3) is 0.800. The first kappa shape index (κ1) is 14.3. The number of urea groups is 1. The summed E-state index contributed by atoms with van der Waals surface area (Å²) in [4.78, 5) is 28.2. The van der Waals surface area contributed by atoms with Crippen LogP contribution in [0, 0.1) is 17.2 Å². The van der Waals surface area contributed by atoms with Gasteiger partial charge in [-0.1, -0.05) is 6.92 Å². The van der Waals surface area contributed by atoms with E-state index in [4.69, 9.17) is 5.26 Å². The molecule has 1 spiro atoms. The second-order valence-corrected chi connectivity index (χ2v) is 6.71. The molecule has 6 nitrogen and oxygen atoms in total. The third-order valence-electron chi connectivity index (χ3n) is 5.03. The van der Waals surface area contributed by atoms with Crippen LogP contribution < -0.4 is 5.32 Å². The second kappa shape index (κ2) is 5.30. The van der Waals surface area contributed by atoms with Crippen molar-refractivity contribution in [3.05, 3.63) is 0 Å².